The van der Waals surface area contributed by atoms with E-state index in [0.717, 1.165) is 116 Å². The maximum absolute atomic E-state index is 6.39. The molecule has 0 radical (unpaired) electrons. The van der Waals surface area contributed by atoms with Crippen LogP contribution in [0.15, 0.2) is 207 Å². The molecule has 3 aromatic heterocycles. The van der Waals surface area contributed by atoms with Gasteiger partial charge >= 0.3 is 0 Å². The minimum Gasteiger partial charge on any atom is -0.456 e. The van der Waals surface area contributed by atoms with Crippen LogP contribution >= 0.6 is 0 Å². The van der Waals surface area contributed by atoms with E-state index in [1.807, 2.05) is 24.3 Å². The Morgan fingerprint density at radius 1 is 0.211 bits per heavy atom. The van der Waals surface area contributed by atoms with Gasteiger partial charge in [-0.2, -0.15) is 0 Å². The lowest BCUT2D eigenvalue weighted by Gasteiger charge is -2.10. The molecule has 12 rings (SSSR count). The summed E-state index contributed by atoms with van der Waals surface area (Å²) in [7, 11) is 0. The van der Waals surface area contributed by atoms with E-state index in [1.54, 1.807) is 0 Å². The van der Waals surface area contributed by atoms with E-state index in [9.17, 15) is 0 Å². The van der Waals surface area contributed by atoms with Crippen LogP contribution in [0.25, 0.3) is 121 Å². The van der Waals surface area contributed by atoms with Crippen molar-refractivity contribution in [3.63, 3.8) is 0 Å². The molecule has 3 heterocycles. The highest BCUT2D eigenvalue weighted by atomic mass is 16.3. The number of fused-ring (bicyclic) bond motifs is 9. The van der Waals surface area contributed by atoms with Crippen LogP contribution in [0, 0.1) is 0 Å². The number of benzene rings is 9. The van der Waals surface area contributed by atoms with Gasteiger partial charge in [-0.3, -0.25) is 0 Å². The Hall–Kier alpha value is -7.62. The normalized spacial score (nSPS) is 11.9. The zero-order valence-corrected chi connectivity index (χ0v) is 30.7. The molecule has 0 aliphatic carbocycles. The molecule has 0 aliphatic rings. The third-order valence-corrected chi connectivity index (χ3v) is 11.5. The van der Waals surface area contributed by atoms with E-state index < -0.39 is 0 Å². The smallest absolute Gasteiger partial charge is 0.136 e. The van der Waals surface area contributed by atoms with Gasteiger partial charge in [0.15, 0.2) is 0 Å². The second-order valence-electron chi connectivity index (χ2n) is 14.8. The molecule has 0 aliphatic heterocycles. The monoisotopic (exact) mass is 728 g/mol. The van der Waals surface area contributed by atoms with Crippen LogP contribution in [0.5, 0.6) is 0 Å². The van der Waals surface area contributed by atoms with Gasteiger partial charge in [0.25, 0.3) is 0 Å². The summed E-state index contributed by atoms with van der Waals surface area (Å²) in [5.41, 5.74) is 16.9. The third-order valence-electron chi connectivity index (χ3n) is 11.5. The summed E-state index contributed by atoms with van der Waals surface area (Å²) in [6.45, 7) is 0. The van der Waals surface area contributed by atoms with Crippen molar-refractivity contribution in [1.29, 1.82) is 0 Å². The quantitative estimate of drug-likeness (QED) is 0.177. The van der Waals surface area contributed by atoms with Crippen molar-refractivity contribution < 1.29 is 13.3 Å². The molecule has 0 saturated heterocycles. The molecule has 12 aromatic rings. The average molecular weight is 729 g/mol. The average Bonchev–Trinajstić information content (AvgIpc) is 3.97. The van der Waals surface area contributed by atoms with Crippen molar-refractivity contribution in [3.8, 4) is 55.6 Å². The predicted molar refractivity (Wildman–Crippen MR) is 235 cm³/mol. The summed E-state index contributed by atoms with van der Waals surface area (Å²) in [6.07, 6.45) is 0. The molecule has 3 heteroatoms. The molecule has 266 valence electrons. The van der Waals surface area contributed by atoms with E-state index in [0.29, 0.717) is 0 Å². The van der Waals surface area contributed by atoms with Gasteiger partial charge in [-0.15, -0.1) is 0 Å². The van der Waals surface area contributed by atoms with Crippen molar-refractivity contribution in [2.45, 2.75) is 0 Å². The minimum atomic E-state index is 0.877. The largest absolute Gasteiger partial charge is 0.456 e. The highest BCUT2D eigenvalue weighted by Gasteiger charge is 2.16. The Balaban J connectivity index is 0.911. The van der Waals surface area contributed by atoms with Crippen LogP contribution in [0.1, 0.15) is 0 Å². The number of hydrogen-bond acceptors (Lipinski definition) is 3. The van der Waals surface area contributed by atoms with Crippen LogP contribution in [-0.2, 0) is 0 Å². The highest BCUT2D eigenvalue weighted by Crippen LogP contribution is 2.41. The van der Waals surface area contributed by atoms with E-state index in [4.69, 9.17) is 13.3 Å². The number of para-hydroxylation sites is 2. The molecular formula is C54H32O3. The van der Waals surface area contributed by atoms with Gasteiger partial charge in [-0.25, -0.2) is 0 Å². The van der Waals surface area contributed by atoms with Crippen molar-refractivity contribution >= 4 is 65.8 Å². The second-order valence-corrected chi connectivity index (χ2v) is 14.8. The Kier molecular flexibility index (Phi) is 6.93. The lowest BCUT2D eigenvalue weighted by Crippen LogP contribution is -1.84. The summed E-state index contributed by atoms with van der Waals surface area (Å²) in [6, 6.07) is 68.7. The molecule has 3 nitrogen and oxygen atoms in total. The summed E-state index contributed by atoms with van der Waals surface area (Å²) in [4.78, 5) is 0. The zero-order chi connectivity index (χ0) is 37.5. The molecule has 0 fully saturated rings. The second kappa shape index (κ2) is 12.5. The molecule has 0 N–H and O–H groups in total. The summed E-state index contributed by atoms with van der Waals surface area (Å²) in [5, 5.41) is 6.76. The van der Waals surface area contributed by atoms with Crippen LogP contribution in [0.2, 0.25) is 0 Å². The highest BCUT2D eigenvalue weighted by molar-refractivity contribution is 6.14. The minimum absolute atomic E-state index is 0.877. The van der Waals surface area contributed by atoms with Gasteiger partial charge in [-0.1, -0.05) is 127 Å². The van der Waals surface area contributed by atoms with Crippen molar-refractivity contribution in [3.05, 3.63) is 194 Å². The summed E-state index contributed by atoms with van der Waals surface area (Å²) >= 11 is 0. The third kappa shape index (κ3) is 5.13. The molecule has 0 amide bonds. The first-order valence-corrected chi connectivity index (χ1v) is 19.3. The van der Waals surface area contributed by atoms with Crippen LogP contribution < -0.4 is 0 Å². The topological polar surface area (TPSA) is 39.4 Å². The molecular weight excluding hydrogens is 697 g/mol. The van der Waals surface area contributed by atoms with Gasteiger partial charge in [0.2, 0.25) is 0 Å². The van der Waals surface area contributed by atoms with Gasteiger partial charge in [0.05, 0.1) is 0 Å². The van der Waals surface area contributed by atoms with Crippen LogP contribution in [0.3, 0.4) is 0 Å². The fourth-order valence-electron chi connectivity index (χ4n) is 8.78. The van der Waals surface area contributed by atoms with Crippen molar-refractivity contribution in [2.24, 2.45) is 0 Å². The molecule has 0 bridgehead atoms. The van der Waals surface area contributed by atoms with Gasteiger partial charge < -0.3 is 13.3 Å². The van der Waals surface area contributed by atoms with Gasteiger partial charge in [-0.05, 0) is 122 Å². The molecule has 0 unspecified atom stereocenters. The van der Waals surface area contributed by atoms with Crippen molar-refractivity contribution in [1.82, 2.24) is 0 Å². The molecule has 0 saturated carbocycles. The Labute approximate surface area is 327 Å². The fourth-order valence-corrected chi connectivity index (χ4v) is 8.78. The first kappa shape index (κ1) is 31.7. The van der Waals surface area contributed by atoms with Gasteiger partial charge in [0.1, 0.15) is 33.5 Å². The van der Waals surface area contributed by atoms with Crippen LogP contribution in [0.4, 0.5) is 0 Å². The molecule has 9 aromatic carbocycles. The maximum Gasteiger partial charge on any atom is 0.136 e. The fraction of sp³-hybridized carbons (Fsp3) is 0. The van der Waals surface area contributed by atoms with E-state index in [1.165, 1.54) is 5.56 Å². The molecule has 57 heavy (non-hydrogen) atoms. The lowest BCUT2D eigenvalue weighted by atomic mass is 9.94. The number of rotatable bonds is 5. The van der Waals surface area contributed by atoms with E-state index in [-0.39, 0.29) is 0 Å². The maximum atomic E-state index is 6.39. The Morgan fingerprint density at radius 3 is 1.02 bits per heavy atom. The predicted octanol–water partition coefficient (Wildman–Crippen LogP) is 15.7. The number of furan rings is 3. The molecule has 0 spiro atoms. The standard InChI is InChI=1S/C54H32O3/c1-3-20-47-43(16-1)53-41(18-8-22-51(53)56-47)39-14-6-12-35(29-39)33-10-5-11-34(28-33)37-24-26-49-45(31-37)46-32-38(25-27-50(46)55-49)36-13-7-15-40(30-36)42-19-9-23-52-54(42)44-17-2-4-21-48(44)57-52/h1-32H. The summed E-state index contributed by atoms with van der Waals surface area (Å²) < 4.78 is 18.8. The molecule has 0 atom stereocenters. The lowest BCUT2D eigenvalue weighted by molar-refractivity contribution is 0.668. The van der Waals surface area contributed by atoms with E-state index >= 15 is 0 Å². The van der Waals surface area contributed by atoms with Crippen molar-refractivity contribution in [2.75, 3.05) is 0 Å². The Bertz CT molecular complexity index is 3540. The first-order valence-electron chi connectivity index (χ1n) is 19.3. The first-order chi connectivity index (χ1) is 28.2. The zero-order valence-electron chi connectivity index (χ0n) is 30.7. The SMILES string of the molecule is c1cc(-c2cccc(-c3cccc4oc5ccccc5c34)c2)cc(-c2ccc3oc4ccc(-c5cccc(-c6cccc7oc8ccccc8c67)c5)cc4c3c2)c1. The Morgan fingerprint density at radius 2 is 0.544 bits per heavy atom. The number of hydrogen-bond donors (Lipinski definition) is 0. The van der Waals surface area contributed by atoms with Gasteiger partial charge in [0, 0.05) is 32.3 Å². The van der Waals surface area contributed by atoms with E-state index in [2.05, 4.69) is 170 Å². The van der Waals surface area contributed by atoms with Crippen LogP contribution in [-0.4, -0.2) is 0 Å². The summed E-state index contributed by atoms with van der Waals surface area (Å²) in [5.74, 6) is 0.